The monoisotopic (exact) mass is 309 g/mol. The number of benzene rings is 1. The third kappa shape index (κ3) is 2.40. The number of halogens is 1. The highest BCUT2D eigenvalue weighted by Gasteiger charge is 2.41. The van der Waals surface area contributed by atoms with Crippen LogP contribution in [-0.4, -0.2) is 19.8 Å². The largest absolute Gasteiger partial charge is 0.489 e. The maximum Gasteiger partial charge on any atom is 0.180 e. The summed E-state index contributed by atoms with van der Waals surface area (Å²) in [4.78, 5) is 0. The minimum atomic E-state index is 0.0773. The van der Waals surface area contributed by atoms with Crippen LogP contribution in [0.2, 0.25) is 5.02 Å². The number of rotatable bonds is 3. The Morgan fingerprint density at radius 3 is 2.38 bits per heavy atom. The highest BCUT2D eigenvalue weighted by atomic mass is 35.5. The molecule has 0 amide bonds. The van der Waals surface area contributed by atoms with Gasteiger partial charge < -0.3 is 15.2 Å². The molecule has 2 N–H and O–H groups in total. The minimum Gasteiger partial charge on any atom is -0.489 e. The molecule has 3 rings (SSSR count). The van der Waals surface area contributed by atoms with Crippen LogP contribution < -0.4 is 15.2 Å². The van der Waals surface area contributed by atoms with Gasteiger partial charge in [0.25, 0.3) is 0 Å². The van der Waals surface area contributed by atoms with Crippen LogP contribution in [0.4, 0.5) is 0 Å². The first kappa shape index (κ1) is 15.0. The predicted molar refractivity (Wildman–Crippen MR) is 85.7 cm³/mol. The lowest BCUT2D eigenvalue weighted by molar-refractivity contribution is 0.248. The molecule has 0 aromatic heterocycles. The summed E-state index contributed by atoms with van der Waals surface area (Å²) in [5.41, 5.74) is 8.70. The lowest BCUT2D eigenvalue weighted by atomic mass is 9.62. The lowest BCUT2D eigenvalue weighted by Gasteiger charge is -2.43. The highest BCUT2D eigenvalue weighted by molar-refractivity contribution is 6.32. The molecular weight excluding hydrogens is 286 g/mol. The van der Waals surface area contributed by atoms with Crippen LogP contribution in [0.3, 0.4) is 0 Å². The van der Waals surface area contributed by atoms with Crippen LogP contribution in [0, 0.1) is 0 Å². The Labute approximate surface area is 131 Å². The standard InChI is InChI=1S/C17H24ClNO2/c1-11(2)14-12(17(10-19)5-3-6-17)9-13(18)15-16(14)21-8-4-7-20-15/h9,11H,3-8,10,19H2,1-2H3. The summed E-state index contributed by atoms with van der Waals surface area (Å²) < 4.78 is 11.9. The van der Waals surface area contributed by atoms with E-state index in [9.17, 15) is 0 Å². The van der Waals surface area contributed by atoms with Crippen molar-refractivity contribution in [2.45, 2.75) is 50.9 Å². The van der Waals surface area contributed by atoms with Crippen molar-refractivity contribution < 1.29 is 9.47 Å². The van der Waals surface area contributed by atoms with E-state index in [1.165, 1.54) is 17.5 Å². The molecule has 116 valence electrons. The molecule has 1 aromatic carbocycles. The molecule has 0 unspecified atom stereocenters. The Morgan fingerprint density at radius 1 is 1.19 bits per heavy atom. The van der Waals surface area contributed by atoms with Gasteiger partial charge in [0.05, 0.1) is 18.2 Å². The Hall–Kier alpha value is -0.930. The van der Waals surface area contributed by atoms with Gasteiger partial charge in [0, 0.05) is 23.9 Å². The van der Waals surface area contributed by atoms with Crippen molar-refractivity contribution >= 4 is 11.6 Å². The number of ether oxygens (including phenoxy) is 2. The molecule has 1 saturated carbocycles. The Morgan fingerprint density at radius 2 is 1.86 bits per heavy atom. The minimum absolute atomic E-state index is 0.0773. The molecule has 0 bridgehead atoms. The van der Waals surface area contributed by atoms with E-state index in [4.69, 9.17) is 26.8 Å². The fraction of sp³-hybridized carbons (Fsp3) is 0.647. The number of hydrogen-bond donors (Lipinski definition) is 1. The van der Waals surface area contributed by atoms with Gasteiger partial charge >= 0.3 is 0 Å². The van der Waals surface area contributed by atoms with Crippen molar-refractivity contribution in [3.8, 4) is 11.5 Å². The quantitative estimate of drug-likeness (QED) is 0.917. The van der Waals surface area contributed by atoms with Crippen LogP contribution in [0.25, 0.3) is 0 Å². The summed E-state index contributed by atoms with van der Waals surface area (Å²) in [7, 11) is 0. The first-order valence-corrected chi connectivity index (χ1v) is 8.29. The van der Waals surface area contributed by atoms with E-state index >= 15 is 0 Å². The second-order valence-corrected chi connectivity index (χ2v) is 6.93. The second kappa shape index (κ2) is 5.69. The van der Waals surface area contributed by atoms with Crippen molar-refractivity contribution in [2.75, 3.05) is 19.8 Å². The van der Waals surface area contributed by atoms with Crippen LogP contribution >= 0.6 is 11.6 Å². The van der Waals surface area contributed by atoms with E-state index in [1.54, 1.807) is 0 Å². The van der Waals surface area contributed by atoms with Crippen LogP contribution in [0.5, 0.6) is 11.5 Å². The molecule has 1 aliphatic heterocycles. The van der Waals surface area contributed by atoms with Crippen LogP contribution in [-0.2, 0) is 5.41 Å². The third-order valence-corrected chi connectivity index (χ3v) is 5.14. The average Bonchev–Trinajstić information content (AvgIpc) is 2.64. The summed E-state index contributed by atoms with van der Waals surface area (Å²) in [6.45, 7) is 6.41. The summed E-state index contributed by atoms with van der Waals surface area (Å²) in [6, 6.07) is 2.08. The van der Waals surface area contributed by atoms with Gasteiger partial charge in [-0.25, -0.2) is 0 Å². The van der Waals surface area contributed by atoms with E-state index in [-0.39, 0.29) is 5.41 Å². The zero-order chi connectivity index (χ0) is 15.0. The Balaban J connectivity index is 2.20. The topological polar surface area (TPSA) is 44.5 Å². The van der Waals surface area contributed by atoms with Crippen LogP contribution in [0.15, 0.2) is 6.07 Å². The smallest absolute Gasteiger partial charge is 0.180 e. The number of nitrogens with two attached hydrogens (primary N) is 1. The lowest BCUT2D eigenvalue weighted by Crippen LogP contribution is -2.42. The van der Waals surface area contributed by atoms with Crippen molar-refractivity contribution in [1.82, 2.24) is 0 Å². The van der Waals surface area contributed by atoms with Gasteiger partial charge in [-0.3, -0.25) is 0 Å². The van der Waals surface area contributed by atoms with Crippen molar-refractivity contribution in [3.63, 3.8) is 0 Å². The summed E-state index contributed by atoms with van der Waals surface area (Å²) in [6.07, 6.45) is 4.40. The Kier molecular flexibility index (Phi) is 4.06. The average molecular weight is 310 g/mol. The van der Waals surface area contributed by atoms with Gasteiger partial charge in [-0.05, 0) is 30.4 Å². The summed E-state index contributed by atoms with van der Waals surface area (Å²) in [5, 5.41) is 0.658. The maximum absolute atomic E-state index is 6.49. The first-order chi connectivity index (χ1) is 10.1. The van der Waals surface area contributed by atoms with Gasteiger partial charge in [-0.2, -0.15) is 0 Å². The molecular formula is C17H24ClNO2. The van der Waals surface area contributed by atoms with E-state index in [0.29, 0.717) is 36.4 Å². The van der Waals surface area contributed by atoms with Crippen molar-refractivity contribution in [1.29, 1.82) is 0 Å². The molecule has 0 spiro atoms. The molecule has 0 atom stereocenters. The van der Waals surface area contributed by atoms with Gasteiger partial charge in [0.15, 0.2) is 11.5 Å². The summed E-state index contributed by atoms with van der Waals surface area (Å²) in [5.74, 6) is 1.93. The van der Waals surface area contributed by atoms with Crippen molar-refractivity contribution in [2.24, 2.45) is 5.73 Å². The van der Waals surface area contributed by atoms with Gasteiger partial charge in [0.2, 0.25) is 0 Å². The second-order valence-electron chi connectivity index (χ2n) is 6.52. The number of fused-ring (bicyclic) bond motifs is 1. The van der Waals surface area contributed by atoms with E-state index in [2.05, 4.69) is 19.9 Å². The SMILES string of the molecule is CC(C)c1c(C2(CN)CCC2)cc(Cl)c2c1OCCCO2. The molecule has 2 aliphatic rings. The molecule has 1 aliphatic carbocycles. The first-order valence-electron chi connectivity index (χ1n) is 7.91. The molecule has 1 fully saturated rings. The van der Waals surface area contributed by atoms with E-state index in [1.807, 2.05) is 0 Å². The normalized spacial score (nSPS) is 20.0. The summed E-state index contributed by atoms with van der Waals surface area (Å²) >= 11 is 6.49. The fourth-order valence-corrected chi connectivity index (χ4v) is 3.76. The predicted octanol–water partition coefficient (Wildman–Crippen LogP) is 4.01. The zero-order valence-electron chi connectivity index (χ0n) is 12.9. The Bertz CT molecular complexity index is 533. The van der Waals surface area contributed by atoms with Gasteiger partial charge in [-0.1, -0.05) is 31.9 Å². The number of hydrogen-bond acceptors (Lipinski definition) is 3. The highest BCUT2D eigenvalue weighted by Crippen LogP contribution is 2.52. The van der Waals surface area contributed by atoms with Crippen LogP contribution in [0.1, 0.15) is 56.6 Å². The van der Waals surface area contributed by atoms with E-state index < -0.39 is 0 Å². The molecule has 3 nitrogen and oxygen atoms in total. The molecule has 1 aromatic rings. The maximum atomic E-state index is 6.49. The molecule has 0 radical (unpaired) electrons. The van der Waals surface area contributed by atoms with Crippen molar-refractivity contribution in [3.05, 3.63) is 22.2 Å². The molecule has 21 heavy (non-hydrogen) atoms. The fourth-order valence-electron chi connectivity index (χ4n) is 3.51. The van der Waals surface area contributed by atoms with Gasteiger partial charge in [0.1, 0.15) is 0 Å². The molecule has 4 heteroatoms. The van der Waals surface area contributed by atoms with Gasteiger partial charge in [-0.15, -0.1) is 0 Å². The molecule has 0 saturated heterocycles. The molecule has 1 heterocycles. The zero-order valence-corrected chi connectivity index (χ0v) is 13.6. The van der Waals surface area contributed by atoms with E-state index in [0.717, 1.165) is 25.0 Å². The third-order valence-electron chi connectivity index (χ3n) is 4.86.